The smallest absolute Gasteiger partial charge is 0.119 e. The zero-order chi connectivity index (χ0) is 19.9. The highest BCUT2D eigenvalue weighted by Crippen LogP contribution is 2.25. The van der Waals surface area contributed by atoms with Crippen molar-refractivity contribution in [3.8, 4) is 16.9 Å². The van der Waals surface area contributed by atoms with Gasteiger partial charge in [0, 0.05) is 13.1 Å². The molecule has 0 fully saturated rings. The number of aliphatic hydroxyl groups is 1. The van der Waals surface area contributed by atoms with Gasteiger partial charge in [0.25, 0.3) is 0 Å². The van der Waals surface area contributed by atoms with Crippen LogP contribution in [0, 0.1) is 13.8 Å². The number of hydrogen-bond acceptors (Lipinski definition) is 3. The summed E-state index contributed by atoms with van der Waals surface area (Å²) >= 11 is 0. The number of nitrogens with zero attached hydrogens (tertiary/aromatic N) is 1. The van der Waals surface area contributed by atoms with Crippen LogP contribution in [0.2, 0.25) is 0 Å². The van der Waals surface area contributed by atoms with Gasteiger partial charge in [-0.3, -0.25) is 4.90 Å². The molecular weight excluding hydrogens is 346 g/mol. The molecule has 0 aromatic heterocycles. The van der Waals surface area contributed by atoms with Crippen LogP contribution in [-0.4, -0.2) is 36.3 Å². The lowest BCUT2D eigenvalue weighted by molar-refractivity contribution is 0.0744. The quantitative estimate of drug-likeness (QED) is 0.611. The van der Waals surface area contributed by atoms with Gasteiger partial charge in [0.05, 0.1) is 0 Å². The van der Waals surface area contributed by atoms with E-state index in [9.17, 15) is 5.11 Å². The summed E-state index contributed by atoms with van der Waals surface area (Å²) in [6, 6.07) is 24.8. The summed E-state index contributed by atoms with van der Waals surface area (Å²) < 4.78 is 5.64. The van der Waals surface area contributed by atoms with E-state index in [1.165, 1.54) is 27.8 Å². The summed E-state index contributed by atoms with van der Waals surface area (Å²) in [6.07, 6.45) is -0.530. The van der Waals surface area contributed by atoms with Crippen LogP contribution in [0.5, 0.6) is 5.75 Å². The molecule has 1 unspecified atom stereocenters. The van der Waals surface area contributed by atoms with Gasteiger partial charge < -0.3 is 9.84 Å². The Morgan fingerprint density at radius 1 is 0.929 bits per heavy atom. The molecule has 3 rings (SSSR count). The van der Waals surface area contributed by atoms with Crippen LogP contribution in [0.25, 0.3) is 11.1 Å². The van der Waals surface area contributed by atoms with Crippen molar-refractivity contribution in [1.82, 2.24) is 4.90 Å². The monoisotopic (exact) mass is 375 g/mol. The van der Waals surface area contributed by atoms with Gasteiger partial charge in [-0.1, -0.05) is 66.2 Å². The molecule has 28 heavy (non-hydrogen) atoms. The van der Waals surface area contributed by atoms with Crippen molar-refractivity contribution < 1.29 is 9.84 Å². The predicted molar refractivity (Wildman–Crippen MR) is 116 cm³/mol. The molecule has 0 bridgehead atoms. The second-order valence-electron chi connectivity index (χ2n) is 7.49. The Hall–Kier alpha value is -2.62. The summed E-state index contributed by atoms with van der Waals surface area (Å²) in [6.45, 7) is 5.92. The Kier molecular flexibility index (Phi) is 6.85. The average Bonchev–Trinajstić information content (AvgIpc) is 2.67. The normalized spacial score (nSPS) is 12.2. The summed E-state index contributed by atoms with van der Waals surface area (Å²) in [5, 5.41) is 10.3. The molecule has 0 saturated heterocycles. The lowest BCUT2D eigenvalue weighted by Crippen LogP contribution is -2.32. The van der Waals surface area contributed by atoms with E-state index in [1.54, 1.807) is 0 Å². The fraction of sp³-hybridized carbons (Fsp3) is 0.280. The number of benzene rings is 3. The highest BCUT2D eigenvalue weighted by atomic mass is 16.5. The van der Waals surface area contributed by atoms with E-state index in [-0.39, 0.29) is 0 Å². The Morgan fingerprint density at radius 3 is 2.43 bits per heavy atom. The first kappa shape index (κ1) is 20.1. The predicted octanol–water partition coefficient (Wildman–Crippen LogP) is 4.84. The largest absolute Gasteiger partial charge is 0.491 e. The molecular formula is C25H29NO2. The van der Waals surface area contributed by atoms with Crippen molar-refractivity contribution in [3.05, 3.63) is 89.5 Å². The topological polar surface area (TPSA) is 32.7 Å². The molecule has 1 N–H and O–H groups in total. The summed E-state index contributed by atoms with van der Waals surface area (Å²) in [4.78, 5) is 2.13. The molecule has 0 spiro atoms. The molecule has 3 heteroatoms. The maximum Gasteiger partial charge on any atom is 0.119 e. The Bertz CT molecular complexity index is 892. The molecule has 0 aliphatic heterocycles. The molecule has 1 atom stereocenters. The number of para-hydroxylation sites is 1. The zero-order valence-electron chi connectivity index (χ0n) is 16.9. The Balaban J connectivity index is 1.55. The zero-order valence-corrected chi connectivity index (χ0v) is 16.9. The minimum absolute atomic E-state index is 0.291. The van der Waals surface area contributed by atoms with Gasteiger partial charge in [-0.2, -0.15) is 0 Å². The lowest BCUT2D eigenvalue weighted by Gasteiger charge is -2.21. The second kappa shape index (κ2) is 9.54. The van der Waals surface area contributed by atoms with Crippen molar-refractivity contribution >= 4 is 0 Å². The number of hydrogen-bond donors (Lipinski definition) is 1. The van der Waals surface area contributed by atoms with Gasteiger partial charge in [0.15, 0.2) is 0 Å². The van der Waals surface area contributed by atoms with Crippen LogP contribution in [0.1, 0.15) is 16.7 Å². The van der Waals surface area contributed by atoms with Crippen molar-refractivity contribution in [2.75, 3.05) is 20.2 Å². The second-order valence-corrected chi connectivity index (χ2v) is 7.49. The molecule has 0 saturated carbocycles. The molecule has 0 heterocycles. The fourth-order valence-corrected chi connectivity index (χ4v) is 3.46. The van der Waals surface area contributed by atoms with Gasteiger partial charge in [-0.15, -0.1) is 0 Å². The molecule has 0 radical (unpaired) electrons. The Labute approximate surface area is 168 Å². The van der Waals surface area contributed by atoms with Crippen LogP contribution in [0.4, 0.5) is 0 Å². The molecule has 3 aromatic carbocycles. The van der Waals surface area contributed by atoms with Crippen molar-refractivity contribution in [2.45, 2.75) is 26.5 Å². The summed E-state index contributed by atoms with van der Waals surface area (Å²) in [5.41, 5.74) is 6.31. The van der Waals surface area contributed by atoms with Crippen LogP contribution in [0.3, 0.4) is 0 Å². The first-order valence-corrected chi connectivity index (χ1v) is 9.72. The van der Waals surface area contributed by atoms with Crippen LogP contribution < -0.4 is 4.74 Å². The third kappa shape index (κ3) is 5.69. The highest BCUT2D eigenvalue weighted by molar-refractivity contribution is 5.68. The van der Waals surface area contributed by atoms with Gasteiger partial charge in [0.2, 0.25) is 0 Å². The van der Waals surface area contributed by atoms with Crippen LogP contribution in [0.15, 0.2) is 72.8 Å². The fourth-order valence-electron chi connectivity index (χ4n) is 3.46. The van der Waals surface area contributed by atoms with Gasteiger partial charge in [-0.25, -0.2) is 0 Å². The number of aliphatic hydroxyl groups excluding tert-OH is 1. The van der Waals surface area contributed by atoms with Crippen molar-refractivity contribution in [3.63, 3.8) is 0 Å². The van der Waals surface area contributed by atoms with E-state index in [2.05, 4.69) is 61.2 Å². The third-order valence-corrected chi connectivity index (χ3v) is 4.78. The minimum Gasteiger partial charge on any atom is -0.491 e. The first-order chi connectivity index (χ1) is 13.5. The number of aryl methyl sites for hydroxylation is 2. The third-order valence-electron chi connectivity index (χ3n) is 4.78. The molecule has 3 aromatic rings. The first-order valence-electron chi connectivity index (χ1n) is 9.72. The SMILES string of the molecule is Cc1cccc(-c2ccc(CN(C)CC(O)COc3ccccc3)cc2C)c1. The molecule has 146 valence electrons. The maximum absolute atomic E-state index is 10.3. The molecule has 0 aliphatic carbocycles. The van der Waals surface area contributed by atoms with E-state index < -0.39 is 6.10 Å². The van der Waals surface area contributed by atoms with E-state index in [4.69, 9.17) is 4.74 Å². The maximum atomic E-state index is 10.3. The summed E-state index contributed by atoms with van der Waals surface area (Å²) in [5.74, 6) is 0.784. The molecule has 0 aliphatic rings. The summed E-state index contributed by atoms with van der Waals surface area (Å²) in [7, 11) is 2.02. The van der Waals surface area contributed by atoms with E-state index in [0.29, 0.717) is 13.2 Å². The van der Waals surface area contributed by atoms with E-state index in [1.807, 2.05) is 37.4 Å². The highest BCUT2D eigenvalue weighted by Gasteiger charge is 2.11. The Morgan fingerprint density at radius 2 is 1.71 bits per heavy atom. The van der Waals surface area contributed by atoms with E-state index in [0.717, 1.165) is 12.3 Å². The minimum atomic E-state index is -0.530. The van der Waals surface area contributed by atoms with Crippen LogP contribution in [-0.2, 0) is 6.54 Å². The van der Waals surface area contributed by atoms with Gasteiger partial charge in [0.1, 0.15) is 18.5 Å². The van der Waals surface area contributed by atoms with E-state index >= 15 is 0 Å². The van der Waals surface area contributed by atoms with Crippen molar-refractivity contribution in [1.29, 1.82) is 0 Å². The average molecular weight is 376 g/mol. The lowest BCUT2D eigenvalue weighted by atomic mass is 9.97. The van der Waals surface area contributed by atoms with Gasteiger partial charge >= 0.3 is 0 Å². The molecule has 3 nitrogen and oxygen atoms in total. The van der Waals surface area contributed by atoms with Crippen molar-refractivity contribution in [2.24, 2.45) is 0 Å². The standard InChI is InChI=1S/C25H29NO2/c1-19-8-7-9-22(14-19)25-13-12-21(15-20(25)2)16-26(3)17-23(27)18-28-24-10-5-4-6-11-24/h4-15,23,27H,16-18H2,1-3H3. The molecule has 0 amide bonds. The van der Waals surface area contributed by atoms with Gasteiger partial charge in [-0.05, 0) is 55.3 Å². The number of rotatable bonds is 8. The number of likely N-dealkylation sites (N-methyl/N-ethyl adjacent to an activating group) is 1. The number of ether oxygens (including phenoxy) is 1. The van der Waals surface area contributed by atoms with Crippen LogP contribution >= 0.6 is 0 Å².